The molecule has 6 nitrogen and oxygen atoms in total. The fraction of sp³-hybridized carbons (Fsp3) is 0.450. The zero-order valence-corrected chi connectivity index (χ0v) is 16.2. The Hall–Kier alpha value is -2.25. The van der Waals surface area contributed by atoms with E-state index in [4.69, 9.17) is 9.84 Å². The monoisotopic (exact) mass is 388 g/mol. The molecule has 0 aliphatic heterocycles. The van der Waals surface area contributed by atoms with E-state index in [-0.39, 0.29) is 17.0 Å². The summed E-state index contributed by atoms with van der Waals surface area (Å²) in [6.07, 6.45) is 4.76. The highest BCUT2D eigenvalue weighted by atomic mass is 32.1. The number of nitrogens with zero attached hydrogens (tertiary/aromatic N) is 1. The molecule has 0 atom stereocenters. The lowest BCUT2D eigenvalue weighted by atomic mass is 9.82. The Morgan fingerprint density at radius 1 is 1.33 bits per heavy atom. The zero-order chi connectivity index (χ0) is 19.3. The van der Waals surface area contributed by atoms with Gasteiger partial charge in [-0.3, -0.25) is 4.79 Å². The van der Waals surface area contributed by atoms with Crippen LogP contribution in [0.15, 0.2) is 29.6 Å². The topological polar surface area (TPSA) is 88.5 Å². The van der Waals surface area contributed by atoms with Crippen molar-refractivity contribution in [1.82, 2.24) is 10.3 Å². The summed E-state index contributed by atoms with van der Waals surface area (Å²) in [4.78, 5) is 28.0. The number of hydrogen-bond donors (Lipinski definition) is 2. The van der Waals surface area contributed by atoms with Gasteiger partial charge in [-0.25, -0.2) is 9.78 Å². The number of methoxy groups -OCH3 is 1. The van der Waals surface area contributed by atoms with E-state index >= 15 is 0 Å². The molecule has 27 heavy (non-hydrogen) atoms. The van der Waals surface area contributed by atoms with Crippen LogP contribution in [0.1, 0.15) is 48.2 Å². The summed E-state index contributed by atoms with van der Waals surface area (Å²) < 4.78 is 5.20. The van der Waals surface area contributed by atoms with Crippen molar-refractivity contribution < 1.29 is 19.4 Å². The van der Waals surface area contributed by atoms with E-state index in [0.29, 0.717) is 18.2 Å². The van der Waals surface area contributed by atoms with Crippen molar-refractivity contribution in [2.24, 2.45) is 5.41 Å². The van der Waals surface area contributed by atoms with Gasteiger partial charge in [0.05, 0.1) is 5.41 Å². The van der Waals surface area contributed by atoms with Crippen molar-refractivity contribution in [3.05, 3.63) is 40.9 Å². The van der Waals surface area contributed by atoms with E-state index in [2.05, 4.69) is 10.3 Å². The van der Waals surface area contributed by atoms with Crippen molar-refractivity contribution in [2.45, 2.75) is 38.6 Å². The first-order chi connectivity index (χ1) is 13.0. The lowest BCUT2D eigenvalue weighted by Crippen LogP contribution is -2.39. The van der Waals surface area contributed by atoms with Crippen molar-refractivity contribution in [3.63, 3.8) is 0 Å². The SMILES string of the molecule is COCCC1(C(=O)NCc2cccc(-c3nc(C(=O)O)cs3)c2)CCCC1. The third-order valence-electron chi connectivity index (χ3n) is 5.18. The first-order valence-electron chi connectivity index (χ1n) is 9.09. The Bertz CT molecular complexity index is 812. The number of carboxylic acids is 1. The standard InChI is InChI=1S/C20H24N2O4S/c1-26-10-9-20(7-2-3-8-20)19(25)21-12-14-5-4-6-15(11-14)17-22-16(13-27-17)18(23)24/h4-6,11,13H,2-3,7-10,12H2,1H3,(H,21,25)(H,23,24). The maximum absolute atomic E-state index is 12.8. The molecule has 2 N–H and O–H groups in total. The van der Waals surface area contributed by atoms with E-state index in [1.54, 1.807) is 7.11 Å². The van der Waals surface area contributed by atoms with Gasteiger partial charge in [0, 0.05) is 31.2 Å². The Morgan fingerprint density at radius 3 is 2.78 bits per heavy atom. The smallest absolute Gasteiger partial charge is 0.355 e. The highest BCUT2D eigenvalue weighted by Gasteiger charge is 2.40. The van der Waals surface area contributed by atoms with Crippen molar-refractivity contribution in [3.8, 4) is 10.6 Å². The number of carbonyl (C=O) groups is 2. The number of rotatable bonds is 8. The third-order valence-corrected chi connectivity index (χ3v) is 6.07. The fourth-order valence-corrected chi connectivity index (χ4v) is 4.42. The molecule has 3 rings (SSSR count). The molecule has 0 unspecified atom stereocenters. The molecule has 0 radical (unpaired) electrons. The Labute approximate surface area is 162 Å². The van der Waals surface area contributed by atoms with E-state index in [9.17, 15) is 9.59 Å². The number of benzene rings is 1. The molecule has 2 aromatic rings. The molecule has 144 valence electrons. The Morgan fingerprint density at radius 2 is 2.11 bits per heavy atom. The summed E-state index contributed by atoms with van der Waals surface area (Å²) in [6, 6.07) is 7.69. The molecule has 7 heteroatoms. The second-order valence-corrected chi connectivity index (χ2v) is 7.81. The quantitative estimate of drug-likeness (QED) is 0.719. The number of hydrogen-bond acceptors (Lipinski definition) is 5. The third kappa shape index (κ3) is 4.54. The number of thiazole rings is 1. The first kappa shape index (κ1) is 19.5. The molecule has 0 bridgehead atoms. The van der Waals surface area contributed by atoms with Crippen LogP contribution in [0.25, 0.3) is 10.6 Å². The van der Waals surface area contributed by atoms with Crippen LogP contribution in [0.5, 0.6) is 0 Å². The van der Waals surface area contributed by atoms with Crippen molar-refractivity contribution >= 4 is 23.2 Å². The van der Waals surface area contributed by atoms with Gasteiger partial charge in [0.2, 0.25) is 5.91 Å². The number of carboxylic acid groups (broad SMARTS) is 1. The molecule has 1 aliphatic rings. The summed E-state index contributed by atoms with van der Waals surface area (Å²) in [7, 11) is 1.67. The van der Waals surface area contributed by atoms with E-state index in [1.165, 1.54) is 16.7 Å². The van der Waals surface area contributed by atoms with Crippen LogP contribution in [0.4, 0.5) is 0 Å². The van der Waals surface area contributed by atoms with Gasteiger partial charge in [0.1, 0.15) is 5.01 Å². The summed E-state index contributed by atoms with van der Waals surface area (Å²) in [5.41, 5.74) is 1.57. The second-order valence-electron chi connectivity index (χ2n) is 6.96. The average Bonchev–Trinajstić information content (AvgIpc) is 3.35. The van der Waals surface area contributed by atoms with E-state index < -0.39 is 5.97 Å². The summed E-state index contributed by atoms with van der Waals surface area (Å²) in [5.74, 6) is -0.927. The number of aromatic nitrogens is 1. The van der Waals surface area contributed by atoms with Crippen LogP contribution >= 0.6 is 11.3 Å². The number of ether oxygens (including phenoxy) is 1. The van der Waals surface area contributed by atoms with E-state index in [1.807, 2.05) is 24.3 Å². The number of nitrogens with one attached hydrogen (secondary N) is 1. The van der Waals surface area contributed by atoms with Crippen LogP contribution < -0.4 is 5.32 Å². The highest BCUT2D eigenvalue weighted by molar-refractivity contribution is 7.13. The maximum atomic E-state index is 12.8. The van der Waals surface area contributed by atoms with Gasteiger partial charge in [-0.05, 0) is 30.9 Å². The predicted octanol–water partition coefficient (Wildman–Crippen LogP) is 3.72. The van der Waals surface area contributed by atoms with Gasteiger partial charge in [0.25, 0.3) is 0 Å². The van der Waals surface area contributed by atoms with Crippen molar-refractivity contribution in [1.29, 1.82) is 0 Å². The molecule has 1 aliphatic carbocycles. The fourth-order valence-electron chi connectivity index (χ4n) is 3.63. The van der Waals surface area contributed by atoms with Gasteiger partial charge in [-0.2, -0.15) is 0 Å². The number of carbonyl (C=O) groups excluding carboxylic acids is 1. The minimum atomic E-state index is -1.03. The summed E-state index contributed by atoms with van der Waals surface area (Å²) >= 11 is 1.30. The Kier molecular flexibility index (Phi) is 6.23. The van der Waals surface area contributed by atoms with Gasteiger partial charge < -0.3 is 15.2 Å². The van der Waals surface area contributed by atoms with Crippen LogP contribution in [0.3, 0.4) is 0 Å². The number of aromatic carboxylic acids is 1. The zero-order valence-electron chi connectivity index (χ0n) is 15.4. The largest absolute Gasteiger partial charge is 0.476 e. The van der Waals surface area contributed by atoms with Gasteiger partial charge in [-0.15, -0.1) is 11.3 Å². The molecular formula is C20H24N2O4S. The molecular weight excluding hydrogens is 364 g/mol. The van der Waals surface area contributed by atoms with Crippen molar-refractivity contribution in [2.75, 3.05) is 13.7 Å². The molecule has 1 aromatic carbocycles. The maximum Gasteiger partial charge on any atom is 0.355 e. The second kappa shape index (κ2) is 8.63. The molecule has 0 spiro atoms. The average molecular weight is 388 g/mol. The predicted molar refractivity (Wildman–Crippen MR) is 104 cm³/mol. The van der Waals surface area contributed by atoms with Crippen LogP contribution in [0.2, 0.25) is 0 Å². The molecule has 1 heterocycles. The van der Waals surface area contributed by atoms with Crippen LogP contribution in [-0.2, 0) is 16.1 Å². The lowest BCUT2D eigenvalue weighted by Gasteiger charge is -2.27. The molecule has 0 saturated heterocycles. The first-order valence-corrected chi connectivity index (χ1v) is 9.97. The molecule has 1 amide bonds. The molecule has 1 saturated carbocycles. The summed E-state index contributed by atoms with van der Waals surface area (Å²) in [5, 5.41) is 14.3. The summed E-state index contributed by atoms with van der Waals surface area (Å²) in [6.45, 7) is 1.04. The Balaban J connectivity index is 1.67. The van der Waals surface area contributed by atoms with Gasteiger partial charge in [0.15, 0.2) is 5.69 Å². The van der Waals surface area contributed by atoms with Gasteiger partial charge >= 0.3 is 5.97 Å². The molecule has 1 aromatic heterocycles. The minimum absolute atomic E-state index is 0.0509. The number of amides is 1. The van der Waals surface area contributed by atoms with Crippen LogP contribution in [0, 0.1) is 5.41 Å². The lowest BCUT2D eigenvalue weighted by molar-refractivity contribution is -0.132. The minimum Gasteiger partial charge on any atom is -0.476 e. The highest BCUT2D eigenvalue weighted by Crippen LogP contribution is 2.41. The molecule has 1 fully saturated rings. The normalized spacial score (nSPS) is 15.6. The van der Waals surface area contributed by atoms with Crippen LogP contribution in [-0.4, -0.2) is 35.7 Å². The van der Waals surface area contributed by atoms with Gasteiger partial charge in [-0.1, -0.05) is 31.0 Å². The van der Waals surface area contributed by atoms with E-state index in [0.717, 1.165) is 43.2 Å².